The van der Waals surface area contributed by atoms with Crippen LogP contribution in [0.25, 0.3) is 10.1 Å². The molecule has 18 heavy (non-hydrogen) atoms. The molecule has 3 nitrogen and oxygen atoms in total. The van der Waals surface area contributed by atoms with Gasteiger partial charge in [0.2, 0.25) is 0 Å². The molecule has 0 fully saturated rings. The second kappa shape index (κ2) is 4.55. The molecule has 0 bridgehead atoms. The van der Waals surface area contributed by atoms with Crippen molar-refractivity contribution >= 4 is 21.4 Å². The number of aryl methyl sites for hydroxylation is 1. The minimum Gasteiger partial charge on any atom is -0.323 e. The molecule has 2 aromatic heterocycles. The Bertz CT molecular complexity index is 635. The molecule has 3 rings (SSSR count). The lowest BCUT2D eigenvalue weighted by atomic mass is 10.1. The standard InChI is InChI=1S/C14H15N3S/c1-17-7-6-11(16-17)9-12(15)14-8-10-4-2-3-5-13(10)18-14/h2-8,12H,9,15H2,1H3. The lowest BCUT2D eigenvalue weighted by Crippen LogP contribution is -2.12. The molecule has 1 aromatic carbocycles. The average molecular weight is 257 g/mol. The van der Waals surface area contributed by atoms with E-state index in [1.54, 1.807) is 11.3 Å². The fourth-order valence-corrected chi connectivity index (χ4v) is 3.15. The summed E-state index contributed by atoms with van der Waals surface area (Å²) < 4.78 is 3.11. The molecule has 1 atom stereocenters. The summed E-state index contributed by atoms with van der Waals surface area (Å²) in [5.41, 5.74) is 7.31. The summed E-state index contributed by atoms with van der Waals surface area (Å²) in [6.45, 7) is 0. The first-order valence-electron chi connectivity index (χ1n) is 5.95. The van der Waals surface area contributed by atoms with Gasteiger partial charge in [0, 0.05) is 35.3 Å². The highest BCUT2D eigenvalue weighted by atomic mass is 32.1. The van der Waals surface area contributed by atoms with Crippen molar-refractivity contribution in [1.29, 1.82) is 0 Å². The molecule has 0 aliphatic rings. The molecule has 2 heterocycles. The maximum atomic E-state index is 6.26. The number of nitrogens with two attached hydrogens (primary N) is 1. The Labute approximate surface area is 110 Å². The topological polar surface area (TPSA) is 43.8 Å². The van der Waals surface area contributed by atoms with Crippen LogP contribution < -0.4 is 5.73 Å². The number of aromatic nitrogens is 2. The summed E-state index contributed by atoms with van der Waals surface area (Å²) in [5, 5.41) is 5.64. The highest BCUT2D eigenvalue weighted by Gasteiger charge is 2.12. The van der Waals surface area contributed by atoms with E-state index >= 15 is 0 Å². The van der Waals surface area contributed by atoms with E-state index in [0.717, 1.165) is 12.1 Å². The van der Waals surface area contributed by atoms with Crippen molar-refractivity contribution in [1.82, 2.24) is 9.78 Å². The van der Waals surface area contributed by atoms with Gasteiger partial charge < -0.3 is 5.73 Å². The fraction of sp³-hybridized carbons (Fsp3) is 0.214. The van der Waals surface area contributed by atoms with Crippen molar-refractivity contribution in [3.05, 3.63) is 53.2 Å². The summed E-state index contributed by atoms with van der Waals surface area (Å²) in [6, 6.07) is 12.6. The predicted octanol–water partition coefficient (Wildman–Crippen LogP) is 2.88. The van der Waals surface area contributed by atoms with Gasteiger partial charge in [-0.25, -0.2) is 0 Å². The van der Waals surface area contributed by atoms with Crippen LogP contribution in [0.3, 0.4) is 0 Å². The van der Waals surface area contributed by atoms with Crippen LogP contribution >= 0.6 is 11.3 Å². The number of rotatable bonds is 3. The third kappa shape index (κ3) is 2.17. The predicted molar refractivity (Wildman–Crippen MR) is 75.7 cm³/mol. The Morgan fingerprint density at radius 3 is 2.89 bits per heavy atom. The molecule has 0 aliphatic carbocycles. The van der Waals surface area contributed by atoms with Gasteiger partial charge in [-0.2, -0.15) is 5.10 Å². The normalized spacial score (nSPS) is 13.0. The number of benzene rings is 1. The third-order valence-electron chi connectivity index (χ3n) is 3.01. The van der Waals surface area contributed by atoms with Crippen molar-refractivity contribution < 1.29 is 0 Å². The van der Waals surface area contributed by atoms with Crippen molar-refractivity contribution in [3.63, 3.8) is 0 Å². The van der Waals surface area contributed by atoms with Crippen molar-refractivity contribution in [2.75, 3.05) is 0 Å². The molecular weight excluding hydrogens is 242 g/mol. The molecule has 0 spiro atoms. The van der Waals surface area contributed by atoms with E-state index in [1.807, 2.05) is 24.0 Å². The first-order valence-corrected chi connectivity index (χ1v) is 6.76. The lowest BCUT2D eigenvalue weighted by Gasteiger charge is -2.06. The minimum atomic E-state index is 0.0253. The fourth-order valence-electron chi connectivity index (χ4n) is 2.08. The van der Waals surface area contributed by atoms with E-state index in [4.69, 9.17) is 5.73 Å². The lowest BCUT2D eigenvalue weighted by molar-refractivity contribution is 0.683. The van der Waals surface area contributed by atoms with Gasteiger partial charge in [0.05, 0.1) is 5.69 Å². The zero-order valence-electron chi connectivity index (χ0n) is 10.2. The first-order chi connectivity index (χ1) is 8.72. The van der Waals surface area contributed by atoms with E-state index in [2.05, 4.69) is 35.4 Å². The molecule has 92 valence electrons. The van der Waals surface area contributed by atoms with E-state index < -0.39 is 0 Å². The molecule has 4 heteroatoms. The Balaban J connectivity index is 1.85. The molecule has 3 aromatic rings. The number of thiophene rings is 1. The summed E-state index contributed by atoms with van der Waals surface area (Å²) in [7, 11) is 1.93. The van der Waals surface area contributed by atoms with Gasteiger partial charge >= 0.3 is 0 Å². The van der Waals surface area contributed by atoms with Crippen molar-refractivity contribution in [2.45, 2.75) is 12.5 Å². The quantitative estimate of drug-likeness (QED) is 0.784. The van der Waals surface area contributed by atoms with Crippen LogP contribution in [-0.4, -0.2) is 9.78 Å². The van der Waals surface area contributed by atoms with Crippen molar-refractivity contribution in [2.24, 2.45) is 12.8 Å². The smallest absolute Gasteiger partial charge is 0.0643 e. The van der Waals surface area contributed by atoms with Gasteiger partial charge in [-0.15, -0.1) is 11.3 Å². The van der Waals surface area contributed by atoms with Crippen LogP contribution in [0.1, 0.15) is 16.6 Å². The Hall–Kier alpha value is -1.65. The second-order valence-corrected chi connectivity index (χ2v) is 5.59. The maximum absolute atomic E-state index is 6.26. The van der Waals surface area contributed by atoms with Crippen LogP contribution in [0.15, 0.2) is 42.6 Å². The average Bonchev–Trinajstić information content (AvgIpc) is 2.95. The molecule has 0 radical (unpaired) electrons. The van der Waals surface area contributed by atoms with Gasteiger partial charge in [-0.05, 0) is 23.6 Å². The zero-order valence-corrected chi connectivity index (χ0v) is 11.0. The molecule has 2 N–H and O–H groups in total. The summed E-state index contributed by atoms with van der Waals surface area (Å²) in [5.74, 6) is 0. The first kappa shape index (κ1) is 11.4. The molecule has 0 saturated heterocycles. The molecule has 1 unspecified atom stereocenters. The largest absolute Gasteiger partial charge is 0.323 e. The van der Waals surface area contributed by atoms with Gasteiger partial charge in [0.25, 0.3) is 0 Å². The summed E-state index contributed by atoms with van der Waals surface area (Å²) in [6.07, 6.45) is 2.74. The number of nitrogens with zero attached hydrogens (tertiary/aromatic N) is 2. The van der Waals surface area contributed by atoms with E-state index in [1.165, 1.54) is 15.0 Å². The maximum Gasteiger partial charge on any atom is 0.0643 e. The minimum absolute atomic E-state index is 0.0253. The summed E-state index contributed by atoms with van der Waals surface area (Å²) >= 11 is 1.77. The summed E-state index contributed by atoms with van der Waals surface area (Å²) in [4.78, 5) is 1.22. The van der Waals surface area contributed by atoms with Crippen molar-refractivity contribution in [3.8, 4) is 0 Å². The van der Waals surface area contributed by atoms with Gasteiger partial charge in [0.1, 0.15) is 0 Å². The molecule has 0 saturated carbocycles. The monoisotopic (exact) mass is 257 g/mol. The van der Waals surface area contributed by atoms with Crippen LogP contribution in [0.5, 0.6) is 0 Å². The van der Waals surface area contributed by atoms with E-state index in [9.17, 15) is 0 Å². The number of fused-ring (bicyclic) bond motifs is 1. The number of hydrogen-bond acceptors (Lipinski definition) is 3. The third-order valence-corrected chi connectivity index (χ3v) is 4.26. The van der Waals surface area contributed by atoms with E-state index in [-0.39, 0.29) is 6.04 Å². The number of hydrogen-bond donors (Lipinski definition) is 1. The highest BCUT2D eigenvalue weighted by molar-refractivity contribution is 7.19. The second-order valence-electron chi connectivity index (χ2n) is 4.48. The molecule has 0 aliphatic heterocycles. The van der Waals surface area contributed by atoms with Gasteiger partial charge in [0.15, 0.2) is 0 Å². The van der Waals surface area contributed by atoms with Crippen LogP contribution in [0, 0.1) is 0 Å². The van der Waals surface area contributed by atoms with Crippen LogP contribution in [0.4, 0.5) is 0 Å². The Morgan fingerprint density at radius 1 is 1.33 bits per heavy atom. The Kier molecular flexibility index (Phi) is 2.89. The van der Waals surface area contributed by atoms with Crippen LogP contribution in [-0.2, 0) is 13.5 Å². The highest BCUT2D eigenvalue weighted by Crippen LogP contribution is 2.29. The van der Waals surface area contributed by atoms with Gasteiger partial charge in [-0.3, -0.25) is 4.68 Å². The zero-order chi connectivity index (χ0) is 12.5. The van der Waals surface area contributed by atoms with Gasteiger partial charge in [-0.1, -0.05) is 18.2 Å². The van der Waals surface area contributed by atoms with E-state index in [0.29, 0.717) is 0 Å². The molecule has 0 amide bonds. The Morgan fingerprint density at radius 2 is 2.17 bits per heavy atom. The molecular formula is C14H15N3S. The SMILES string of the molecule is Cn1ccc(CC(N)c2cc3ccccc3s2)n1. The van der Waals surface area contributed by atoms with Crippen LogP contribution in [0.2, 0.25) is 0 Å².